The molecule has 0 saturated heterocycles. The van der Waals surface area contributed by atoms with Gasteiger partial charge in [0.2, 0.25) is 0 Å². The fourth-order valence-electron chi connectivity index (χ4n) is 1.84. The first-order valence-corrected chi connectivity index (χ1v) is 4.32. The quantitative estimate of drug-likeness (QED) is 0.516. The third kappa shape index (κ3) is 1.20. The van der Waals surface area contributed by atoms with E-state index in [1.807, 2.05) is 0 Å². The molecule has 0 aromatic carbocycles. The van der Waals surface area contributed by atoms with Crippen molar-refractivity contribution >= 4 is 0 Å². The molecule has 2 atom stereocenters. The smallest absolute Gasteiger partial charge is 0.118 e. The Kier molecular flexibility index (Phi) is 1.52. The summed E-state index contributed by atoms with van der Waals surface area (Å²) in [5.41, 5.74) is 1.52. The van der Waals surface area contributed by atoms with E-state index in [2.05, 4.69) is 26.0 Å². The van der Waals surface area contributed by atoms with E-state index in [0.29, 0.717) is 12.0 Å². The molecule has 2 rings (SSSR count). The highest BCUT2D eigenvalue weighted by molar-refractivity contribution is 5.29. The Morgan fingerprint density at radius 2 is 2.18 bits per heavy atom. The first kappa shape index (κ1) is 6.96. The maximum absolute atomic E-state index is 5.61. The summed E-state index contributed by atoms with van der Waals surface area (Å²) in [4.78, 5) is 0. The largest absolute Gasteiger partial charge is 0.490 e. The molecule has 60 valence electrons. The molecule has 1 nitrogen and oxygen atoms in total. The molecule has 11 heavy (non-hydrogen) atoms. The van der Waals surface area contributed by atoms with Crippen molar-refractivity contribution in [1.82, 2.24) is 0 Å². The first-order valence-electron chi connectivity index (χ1n) is 4.32. The van der Waals surface area contributed by atoms with Crippen molar-refractivity contribution in [3.63, 3.8) is 0 Å². The molecule has 0 aromatic heterocycles. The molecule has 1 heteroatoms. The summed E-state index contributed by atoms with van der Waals surface area (Å²) in [5, 5.41) is 0. The van der Waals surface area contributed by atoms with Crippen LogP contribution in [0.1, 0.15) is 26.7 Å². The zero-order valence-corrected chi connectivity index (χ0v) is 7.13. The van der Waals surface area contributed by atoms with Crippen LogP contribution in [-0.2, 0) is 4.74 Å². The van der Waals surface area contributed by atoms with E-state index >= 15 is 0 Å². The van der Waals surface area contributed by atoms with Crippen LogP contribution >= 0.6 is 0 Å². The minimum Gasteiger partial charge on any atom is -0.490 e. The van der Waals surface area contributed by atoms with Crippen molar-refractivity contribution in [3.8, 4) is 0 Å². The summed E-state index contributed by atoms with van der Waals surface area (Å²) in [5.74, 6) is 1.86. The van der Waals surface area contributed by atoms with Gasteiger partial charge >= 0.3 is 0 Å². The van der Waals surface area contributed by atoms with Gasteiger partial charge in [-0.25, -0.2) is 0 Å². The van der Waals surface area contributed by atoms with Crippen molar-refractivity contribution in [2.45, 2.75) is 32.8 Å². The Balaban J connectivity index is 2.18. The number of ether oxygens (including phenoxy) is 1. The number of rotatable bonds is 0. The Morgan fingerprint density at radius 1 is 1.36 bits per heavy atom. The van der Waals surface area contributed by atoms with Gasteiger partial charge in [-0.15, -0.1) is 0 Å². The topological polar surface area (TPSA) is 9.23 Å². The van der Waals surface area contributed by atoms with Crippen LogP contribution in [0.3, 0.4) is 0 Å². The molecule has 0 bridgehead atoms. The van der Waals surface area contributed by atoms with Crippen molar-refractivity contribution in [2.24, 2.45) is 5.92 Å². The molecule has 0 fully saturated rings. The summed E-state index contributed by atoms with van der Waals surface area (Å²) in [7, 11) is 0. The Morgan fingerprint density at radius 3 is 3.00 bits per heavy atom. The summed E-state index contributed by atoms with van der Waals surface area (Å²) >= 11 is 0. The van der Waals surface area contributed by atoms with Crippen LogP contribution < -0.4 is 0 Å². The summed E-state index contributed by atoms with van der Waals surface area (Å²) in [6.45, 7) is 4.39. The van der Waals surface area contributed by atoms with Gasteiger partial charge in [0.05, 0.1) is 6.10 Å². The predicted octanol–water partition coefficient (Wildman–Crippen LogP) is 2.65. The van der Waals surface area contributed by atoms with Gasteiger partial charge in [0.1, 0.15) is 5.76 Å². The van der Waals surface area contributed by atoms with Crippen LogP contribution in [0.15, 0.2) is 23.5 Å². The molecule has 0 spiro atoms. The van der Waals surface area contributed by atoms with Gasteiger partial charge in [-0.1, -0.05) is 13.0 Å². The van der Waals surface area contributed by atoms with Gasteiger partial charge in [-0.05, 0) is 30.9 Å². The molecule has 0 N–H and O–H groups in total. The van der Waals surface area contributed by atoms with Gasteiger partial charge in [0.25, 0.3) is 0 Å². The standard InChI is InChI=1S/C10H14O/c1-7-3-4-10-9(5-7)6-8(2)11-10/h3-4,7-8H,5-6H2,1-2H3. The van der Waals surface area contributed by atoms with Crippen molar-refractivity contribution in [2.75, 3.05) is 0 Å². The zero-order valence-electron chi connectivity index (χ0n) is 7.13. The highest BCUT2D eigenvalue weighted by atomic mass is 16.5. The highest BCUT2D eigenvalue weighted by Gasteiger charge is 2.23. The number of hydrogen-bond donors (Lipinski definition) is 0. The maximum Gasteiger partial charge on any atom is 0.118 e. The molecule has 0 aromatic rings. The SMILES string of the molecule is CC1C=CC2=C(C1)CC(C)O2. The van der Waals surface area contributed by atoms with E-state index in [1.165, 1.54) is 12.0 Å². The molecular formula is C10H14O. The lowest BCUT2D eigenvalue weighted by molar-refractivity contribution is 0.169. The van der Waals surface area contributed by atoms with E-state index in [1.54, 1.807) is 0 Å². The second kappa shape index (κ2) is 2.40. The van der Waals surface area contributed by atoms with E-state index in [4.69, 9.17) is 4.74 Å². The molecule has 0 amide bonds. The highest BCUT2D eigenvalue weighted by Crippen LogP contribution is 2.34. The minimum atomic E-state index is 0.412. The summed E-state index contributed by atoms with van der Waals surface area (Å²) in [6, 6.07) is 0. The Labute approximate surface area is 67.7 Å². The van der Waals surface area contributed by atoms with Crippen molar-refractivity contribution < 1.29 is 4.74 Å². The third-order valence-corrected chi connectivity index (χ3v) is 2.35. The molecule has 2 unspecified atom stereocenters. The molecule has 1 heterocycles. The molecule has 0 saturated carbocycles. The van der Waals surface area contributed by atoms with Crippen LogP contribution in [-0.4, -0.2) is 6.10 Å². The van der Waals surface area contributed by atoms with E-state index < -0.39 is 0 Å². The lowest BCUT2D eigenvalue weighted by Crippen LogP contribution is -1.98. The van der Waals surface area contributed by atoms with E-state index in [0.717, 1.165) is 12.2 Å². The second-order valence-corrected chi connectivity index (χ2v) is 3.64. The van der Waals surface area contributed by atoms with Gasteiger partial charge in [0, 0.05) is 6.42 Å². The molecule has 2 aliphatic rings. The lowest BCUT2D eigenvalue weighted by Gasteiger charge is -2.11. The zero-order chi connectivity index (χ0) is 7.84. The molecule has 1 aliphatic heterocycles. The van der Waals surface area contributed by atoms with Crippen LogP contribution in [0.5, 0.6) is 0 Å². The summed E-state index contributed by atoms with van der Waals surface area (Å²) < 4.78 is 5.61. The number of allylic oxidation sites excluding steroid dienone is 2. The van der Waals surface area contributed by atoms with E-state index in [9.17, 15) is 0 Å². The monoisotopic (exact) mass is 150 g/mol. The van der Waals surface area contributed by atoms with Crippen LogP contribution in [0.4, 0.5) is 0 Å². The Bertz CT molecular complexity index is 225. The lowest BCUT2D eigenvalue weighted by atomic mass is 9.93. The van der Waals surface area contributed by atoms with Crippen molar-refractivity contribution in [1.29, 1.82) is 0 Å². The maximum atomic E-state index is 5.61. The second-order valence-electron chi connectivity index (χ2n) is 3.64. The molecule has 1 aliphatic carbocycles. The van der Waals surface area contributed by atoms with Gasteiger partial charge in [0.15, 0.2) is 0 Å². The first-order chi connectivity index (χ1) is 5.25. The average molecular weight is 150 g/mol. The van der Waals surface area contributed by atoms with Crippen molar-refractivity contribution in [3.05, 3.63) is 23.5 Å². The molecular weight excluding hydrogens is 136 g/mol. The fourth-order valence-corrected chi connectivity index (χ4v) is 1.84. The van der Waals surface area contributed by atoms with Gasteiger partial charge in [-0.2, -0.15) is 0 Å². The Hall–Kier alpha value is -0.720. The number of hydrogen-bond acceptors (Lipinski definition) is 1. The predicted molar refractivity (Wildman–Crippen MR) is 45.1 cm³/mol. The van der Waals surface area contributed by atoms with Crippen LogP contribution in [0, 0.1) is 5.92 Å². The normalized spacial score (nSPS) is 35.5. The average Bonchev–Trinajstić information content (AvgIpc) is 2.27. The fraction of sp³-hybridized carbons (Fsp3) is 0.600. The van der Waals surface area contributed by atoms with Gasteiger partial charge < -0.3 is 4.74 Å². The van der Waals surface area contributed by atoms with Crippen LogP contribution in [0.25, 0.3) is 0 Å². The third-order valence-electron chi connectivity index (χ3n) is 2.35. The summed E-state index contributed by atoms with van der Waals surface area (Å²) in [6.07, 6.45) is 7.12. The van der Waals surface area contributed by atoms with Gasteiger partial charge in [-0.3, -0.25) is 0 Å². The minimum absolute atomic E-state index is 0.412. The molecule has 0 radical (unpaired) electrons. The van der Waals surface area contributed by atoms with E-state index in [-0.39, 0.29) is 0 Å². The van der Waals surface area contributed by atoms with Crippen LogP contribution in [0.2, 0.25) is 0 Å².